The topological polar surface area (TPSA) is 41.2 Å². The molecule has 1 aromatic carbocycles. The zero-order chi connectivity index (χ0) is 17.7. The minimum Gasteiger partial charge on any atom is -0.488 e. The van der Waals surface area contributed by atoms with Crippen molar-refractivity contribution in [3.05, 3.63) is 34.1 Å². The maximum absolute atomic E-state index is 6.37. The summed E-state index contributed by atoms with van der Waals surface area (Å²) in [6, 6.07) is 3.76. The van der Waals surface area contributed by atoms with Crippen LogP contribution in [0, 0.1) is 0 Å². The van der Waals surface area contributed by atoms with Crippen molar-refractivity contribution >= 4 is 23.2 Å². The number of nitrogens with zero attached hydrogens (tertiary/aromatic N) is 2. The van der Waals surface area contributed by atoms with Gasteiger partial charge in [-0.2, -0.15) is 5.10 Å². The summed E-state index contributed by atoms with van der Waals surface area (Å²) in [6.45, 7) is 7.94. The molecule has 132 valence electrons. The zero-order valence-electron chi connectivity index (χ0n) is 14.7. The molecule has 0 aliphatic heterocycles. The van der Waals surface area contributed by atoms with Crippen molar-refractivity contribution in [2.75, 3.05) is 13.6 Å². The molecule has 0 atom stereocenters. The third-order valence-corrected chi connectivity index (χ3v) is 4.26. The molecule has 0 saturated carbocycles. The minimum atomic E-state index is 0.0163. The fourth-order valence-electron chi connectivity index (χ4n) is 2.52. The predicted molar refractivity (Wildman–Crippen MR) is 101 cm³/mol. The summed E-state index contributed by atoms with van der Waals surface area (Å²) in [7, 11) is 2.11. The first-order chi connectivity index (χ1) is 11.4. The Labute approximate surface area is 154 Å². The number of unbranched alkanes of at least 4 members (excludes halogenated alkanes) is 1. The molecular formula is C18H25Cl2N3O. The van der Waals surface area contributed by atoms with E-state index in [0.29, 0.717) is 15.8 Å². The molecule has 2 rings (SSSR count). The summed E-state index contributed by atoms with van der Waals surface area (Å²) in [4.78, 5) is 2.28. The number of ether oxygens (including phenoxy) is 1. The molecule has 1 heterocycles. The molecule has 0 saturated heterocycles. The molecule has 0 spiro atoms. The van der Waals surface area contributed by atoms with Crippen LogP contribution in [0.1, 0.15) is 39.3 Å². The van der Waals surface area contributed by atoms with Crippen LogP contribution >= 0.6 is 23.2 Å². The molecule has 1 N–H and O–H groups in total. The van der Waals surface area contributed by atoms with Crippen LogP contribution in [0.5, 0.6) is 5.75 Å². The number of benzene rings is 1. The van der Waals surface area contributed by atoms with Crippen molar-refractivity contribution in [2.45, 2.75) is 46.3 Å². The first kappa shape index (κ1) is 19.1. The number of nitrogens with one attached hydrogen (secondary N) is 1. The molecule has 0 aliphatic rings. The lowest BCUT2D eigenvalue weighted by molar-refractivity contribution is 0.243. The Morgan fingerprint density at radius 2 is 1.92 bits per heavy atom. The van der Waals surface area contributed by atoms with Crippen molar-refractivity contribution < 1.29 is 4.74 Å². The van der Waals surface area contributed by atoms with E-state index >= 15 is 0 Å². The largest absolute Gasteiger partial charge is 0.488 e. The average molecular weight is 370 g/mol. The van der Waals surface area contributed by atoms with Gasteiger partial charge < -0.3 is 9.64 Å². The van der Waals surface area contributed by atoms with E-state index in [9.17, 15) is 0 Å². The normalized spacial score (nSPS) is 11.5. The van der Waals surface area contributed by atoms with Crippen LogP contribution < -0.4 is 4.74 Å². The lowest BCUT2D eigenvalue weighted by Gasteiger charge is -2.17. The highest BCUT2D eigenvalue weighted by molar-refractivity contribution is 6.37. The first-order valence-electron chi connectivity index (χ1n) is 8.29. The summed E-state index contributed by atoms with van der Waals surface area (Å²) in [6.07, 6.45) is 4.19. The van der Waals surface area contributed by atoms with Crippen LogP contribution in [-0.2, 0) is 6.54 Å². The van der Waals surface area contributed by atoms with Crippen LogP contribution in [0.2, 0.25) is 10.0 Å². The van der Waals surface area contributed by atoms with E-state index < -0.39 is 0 Å². The molecule has 0 unspecified atom stereocenters. The number of hydrogen-bond donors (Lipinski definition) is 1. The number of rotatable bonds is 8. The molecule has 4 nitrogen and oxygen atoms in total. The smallest absolute Gasteiger partial charge is 0.156 e. The maximum atomic E-state index is 6.37. The second-order valence-corrected chi connectivity index (χ2v) is 7.10. The van der Waals surface area contributed by atoms with Crippen molar-refractivity contribution in [1.29, 1.82) is 0 Å². The molecule has 2 aromatic rings. The standard InChI is InChI=1S/C18H25Cl2N3O/c1-5-6-7-23(4)11-17-14(10-21-22-17)13-8-15(19)18(16(20)9-13)24-12(2)3/h8-10,12H,5-7,11H2,1-4H3,(H,21,22). The Morgan fingerprint density at radius 3 is 2.50 bits per heavy atom. The maximum Gasteiger partial charge on any atom is 0.156 e. The van der Waals surface area contributed by atoms with Gasteiger partial charge in [-0.25, -0.2) is 0 Å². The SMILES string of the molecule is CCCCN(C)Cc1[nH]ncc1-c1cc(Cl)c(OC(C)C)c(Cl)c1. The summed E-state index contributed by atoms with van der Waals surface area (Å²) in [5.41, 5.74) is 3.00. The number of H-pyrrole nitrogens is 1. The van der Waals surface area contributed by atoms with Crippen molar-refractivity contribution in [3.8, 4) is 16.9 Å². The Balaban J connectivity index is 2.25. The van der Waals surface area contributed by atoms with Gasteiger partial charge in [0.15, 0.2) is 5.75 Å². The highest BCUT2D eigenvalue weighted by atomic mass is 35.5. The molecule has 0 fully saturated rings. The monoisotopic (exact) mass is 369 g/mol. The molecule has 1 aromatic heterocycles. The second kappa shape index (κ2) is 8.75. The average Bonchev–Trinajstić information content (AvgIpc) is 2.96. The van der Waals surface area contributed by atoms with Gasteiger partial charge in [0.05, 0.1) is 28.0 Å². The van der Waals surface area contributed by atoms with E-state index in [0.717, 1.165) is 29.9 Å². The second-order valence-electron chi connectivity index (χ2n) is 6.29. The summed E-state index contributed by atoms with van der Waals surface area (Å²) in [5.74, 6) is 0.530. The fraction of sp³-hybridized carbons (Fsp3) is 0.500. The molecule has 24 heavy (non-hydrogen) atoms. The van der Waals surface area contributed by atoms with Gasteiger partial charge in [-0.15, -0.1) is 0 Å². The van der Waals surface area contributed by atoms with Gasteiger partial charge in [0, 0.05) is 12.1 Å². The highest BCUT2D eigenvalue weighted by Gasteiger charge is 2.16. The van der Waals surface area contributed by atoms with Gasteiger partial charge in [-0.3, -0.25) is 5.10 Å². The van der Waals surface area contributed by atoms with Gasteiger partial charge >= 0.3 is 0 Å². The van der Waals surface area contributed by atoms with E-state index in [-0.39, 0.29) is 6.10 Å². The third-order valence-electron chi connectivity index (χ3n) is 3.70. The third kappa shape index (κ3) is 4.88. The molecule has 6 heteroatoms. The first-order valence-corrected chi connectivity index (χ1v) is 9.04. The fourth-order valence-corrected chi connectivity index (χ4v) is 3.10. The van der Waals surface area contributed by atoms with Crippen molar-refractivity contribution in [3.63, 3.8) is 0 Å². The number of aromatic amines is 1. The van der Waals surface area contributed by atoms with E-state index in [1.165, 1.54) is 12.8 Å². The molecule has 0 radical (unpaired) electrons. The van der Waals surface area contributed by atoms with Crippen LogP contribution in [0.4, 0.5) is 0 Å². The number of aromatic nitrogens is 2. The van der Waals surface area contributed by atoms with Gasteiger partial charge in [0.25, 0.3) is 0 Å². The van der Waals surface area contributed by atoms with Crippen LogP contribution in [-0.4, -0.2) is 34.8 Å². The molecule has 0 bridgehead atoms. The van der Waals surface area contributed by atoms with Crippen molar-refractivity contribution in [1.82, 2.24) is 15.1 Å². The summed E-state index contributed by atoms with van der Waals surface area (Å²) >= 11 is 12.7. The van der Waals surface area contributed by atoms with Gasteiger partial charge in [-0.05, 0) is 51.6 Å². The summed E-state index contributed by atoms with van der Waals surface area (Å²) in [5, 5.41) is 8.30. The lowest BCUT2D eigenvalue weighted by Crippen LogP contribution is -2.19. The highest BCUT2D eigenvalue weighted by Crippen LogP contribution is 2.38. The number of halogens is 2. The Bertz CT molecular complexity index is 647. The van der Waals surface area contributed by atoms with Gasteiger partial charge in [-0.1, -0.05) is 36.5 Å². The lowest BCUT2D eigenvalue weighted by atomic mass is 10.1. The van der Waals surface area contributed by atoms with E-state index in [4.69, 9.17) is 27.9 Å². The van der Waals surface area contributed by atoms with Crippen LogP contribution in [0.3, 0.4) is 0 Å². The van der Waals surface area contributed by atoms with Crippen LogP contribution in [0.15, 0.2) is 18.3 Å². The van der Waals surface area contributed by atoms with E-state index in [1.54, 1.807) is 0 Å². The van der Waals surface area contributed by atoms with Crippen LogP contribution in [0.25, 0.3) is 11.1 Å². The van der Waals surface area contributed by atoms with E-state index in [2.05, 4.69) is 29.1 Å². The Kier molecular flexibility index (Phi) is 6.96. The number of hydrogen-bond acceptors (Lipinski definition) is 3. The van der Waals surface area contributed by atoms with E-state index in [1.807, 2.05) is 32.2 Å². The zero-order valence-corrected chi connectivity index (χ0v) is 16.2. The molecule has 0 aliphatic carbocycles. The summed E-state index contributed by atoms with van der Waals surface area (Å²) < 4.78 is 5.69. The van der Waals surface area contributed by atoms with Gasteiger partial charge in [0.1, 0.15) is 0 Å². The molecular weight excluding hydrogens is 345 g/mol. The Hall–Kier alpha value is -1.23. The molecule has 0 amide bonds. The quantitative estimate of drug-likeness (QED) is 0.676. The Morgan fingerprint density at radius 1 is 1.25 bits per heavy atom. The predicted octanol–water partition coefficient (Wildman–Crippen LogP) is 5.40. The van der Waals surface area contributed by atoms with Crippen molar-refractivity contribution in [2.24, 2.45) is 0 Å². The van der Waals surface area contributed by atoms with Gasteiger partial charge in [0.2, 0.25) is 0 Å². The minimum absolute atomic E-state index is 0.0163.